The number of hydrogen-bond acceptors (Lipinski definition) is 11. The highest BCUT2D eigenvalue weighted by molar-refractivity contribution is 7.89. The Labute approximate surface area is 313 Å². The second-order valence-electron chi connectivity index (χ2n) is 13.4. The zero-order valence-corrected chi connectivity index (χ0v) is 32.0. The Bertz CT molecular complexity index is 1870. The van der Waals surface area contributed by atoms with Gasteiger partial charge in [0, 0.05) is 25.4 Å². The molecule has 4 atom stereocenters. The van der Waals surface area contributed by atoms with Gasteiger partial charge in [-0.15, -0.1) is 11.3 Å². The van der Waals surface area contributed by atoms with Gasteiger partial charge in [0.25, 0.3) is 5.91 Å². The van der Waals surface area contributed by atoms with Crippen LogP contribution in [0.3, 0.4) is 0 Å². The highest BCUT2D eigenvalue weighted by atomic mass is 32.2. The van der Waals surface area contributed by atoms with Crippen LogP contribution in [0.25, 0.3) is 0 Å². The van der Waals surface area contributed by atoms with Crippen molar-refractivity contribution in [1.29, 1.82) is 0 Å². The van der Waals surface area contributed by atoms with Gasteiger partial charge in [-0.1, -0.05) is 81.7 Å². The molecule has 1 aliphatic heterocycles. The summed E-state index contributed by atoms with van der Waals surface area (Å²) in [5, 5.41) is 31.1. The monoisotopic (exact) mass is 769 g/mol. The van der Waals surface area contributed by atoms with Crippen LogP contribution in [-0.4, -0.2) is 106 Å². The first-order valence-electron chi connectivity index (χ1n) is 17.3. The molecule has 2 heterocycles. The average molecular weight is 770 g/mol. The topological polar surface area (TPSA) is 202 Å². The third-order valence-electron chi connectivity index (χ3n) is 8.80. The Morgan fingerprint density at radius 1 is 1.08 bits per heavy atom. The van der Waals surface area contributed by atoms with Crippen LogP contribution in [0.15, 0.2) is 70.0 Å². The predicted octanol–water partition coefficient (Wildman–Crippen LogP) is 3.52. The number of oxime groups is 1. The molecular weight excluding hydrogens is 723 g/mol. The number of nitrogens with zero attached hydrogens (tertiary/aromatic N) is 5. The van der Waals surface area contributed by atoms with Gasteiger partial charge in [0.05, 0.1) is 35.5 Å². The highest BCUT2D eigenvalue weighted by Crippen LogP contribution is 2.26. The largest absolute Gasteiger partial charge is 0.411 e. The normalized spacial score (nSPS) is 16.0. The maximum absolute atomic E-state index is 14.3. The number of sulfonamides is 1. The van der Waals surface area contributed by atoms with Crippen molar-refractivity contribution in [3.05, 3.63) is 76.8 Å². The van der Waals surface area contributed by atoms with E-state index in [2.05, 4.69) is 20.8 Å². The molecule has 5 amide bonds. The van der Waals surface area contributed by atoms with E-state index < -0.39 is 52.0 Å². The molecule has 0 unspecified atom stereocenters. The summed E-state index contributed by atoms with van der Waals surface area (Å²) in [7, 11) is -4.12. The third kappa shape index (κ3) is 10.7. The Balaban J connectivity index is 1.60. The van der Waals surface area contributed by atoms with E-state index in [1.165, 1.54) is 46.6 Å². The highest BCUT2D eigenvalue weighted by Gasteiger charge is 2.45. The quantitative estimate of drug-likeness (QED) is 0.0647. The maximum atomic E-state index is 14.3. The SMILES string of the molecule is CC[C@H](C)[C@@H](C(=O)N[C@@H](Cc1ccccc1)[C@H](O)CN(CC(C)C)S(=O)(=O)c1ccc(/C=N/O)cc1)N1CC(=O)N(Cc2csc(NC(C)=O)n2)C1=O. The van der Waals surface area contributed by atoms with Gasteiger partial charge in [0.2, 0.25) is 21.8 Å². The molecule has 1 fully saturated rings. The van der Waals surface area contributed by atoms with E-state index in [1.807, 2.05) is 51.1 Å². The average Bonchev–Trinajstić information content (AvgIpc) is 3.66. The van der Waals surface area contributed by atoms with Gasteiger partial charge in [0.15, 0.2) is 5.13 Å². The molecule has 4 rings (SSSR count). The molecule has 0 aliphatic carbocycles. The second kappa shape index (κ2) is 18.4. The molecule has 53 heavy (non-hydrogen) atoms. The van der Waals surface area contributed by atoms with Gasteiger partial charge in [-0.05, 0) is 41.5 Å². The number of carbonyl (C=O) groups excluding carboxylic acids is 4. The smallest absolute Gasteiger partial charge is 0.328 e. The van der Waals surface area contributed by atoms with Gasteiger partial charge in [-0.2, -0.15) is 4.31 Å². The van der Waals surface area contributed by atoms with Crippen LogP contribution in [0, 0.1) is 11.8 Å². The molecule has 1 aromatic heterocycles. The molecule has 0 saturated carbocycles. The minimum absolute atomic E-state index is 0.0216. The Kier molecular flexibility index (Phi) is 14.2. The Hall–Kier alpha value is -4.71. The second-order valence-corrected chi connectivity index (χ2v) is 16.2. The van der Waals surface area contributed by atoms with Crippen molar-refractivity contribution in [3.8, 4) is 0 Å². The number of nitrogens with one attached hydrogen (secondary N) is 2. The predicted molar refractivity (Wildman–Crippen MR) is 200 cm³/mol. The molecule has 17 heteroatoms. The molecule has 0 bridgehead atoms. The molecule has 4 N–H and O–H groups in total. The van der Waals surface area contributed by atoms with E-state index in [0.717, 1.165) is 21.8 Å². The van der Waals surface area contributed by atoms with Gasteiger partial charge in [0.1, 0.15) is 12.6 Å². The Morgan fingerprint density at radius 2 is 1.75 bits per heavy atom. The molecule has 0 spiro atoms. The number of amides is 5. The fraction of sp³-hybridized carbons (Fsp3) is 0.444. The van der Waals surface area contributed by atoms with Crippen molar-refractivity contribution in [2.75, 3.05) is 25.0 Å². The van der Waals surface area contributed by atoms with Crippen molar-refractivity contribution in [2.24, 2.45) is 17.0 Å². The lowest BCUT2D eigenvalue weighted by Gasteiger charge is -2.34. The van der Waals surface area contributed by atoms with Crippen LogP contribution < -0.4 is 10.6 Å². The van der Waals surface area contributed by atoms with E-state index in [-0.39, 0.29) is 49.3 Å². The minimum Gasteiger partial charge on any atom is -0.411 e. The summed E-state index contributed by atoms with van der Waals surface area (Å²) in [5.41, 5.74) is 1.66. The molecular formula is C36H47N7O8S2. The molecule has 286 valence electrons. The lowest BCUT2D eigenvalue weighted by atomic mass is 9.95. The fourth-order valence-electron chi connectivity index (χ4n) is 5.99. The fourth-order valence-corrected chi connectivity index (χ4v) is 8.36. The minimum atomic E-state index is -4.12. The van der Waals surface area contributed by atoms with Crippen molar-refractivity contribution >= 4 is 56.5 Å². The first-order valence-corrected chi connectivity index (χ1v) is 19.6. The summed E-state index contributed by atoms with van der Waals surface area (Å²) in [5.74, 6) is -1.93. The molecule has 0 radical (unpaired) electrons. The number of hydrogen-bond donors (Lipinski definition) is 4. The van der Waals surface area contributed by atoms with Crippen LogP contribution in [0.4, 0.5) is 9.93 Å². The lowest BCUT2D eigenvalue weighted by molar-refractivity contribution is -0.129. The maximum Gasteiger partial charge on any atom is 0.328 e. The number of aliphatic hydroxyl groups excluding tert-OH is 1. The van der Waals surface area contributed by atoms with E-state index >= 15 is 0 Å². The van der Waals surface area contributed by atoms with Crippen LogP contribution in [0.5, 0.6) is 0 Å². The first-order chi connectivity index (χ1) is 25.1. The van der Waals surface area contributed by atoms with Crippen molar-refractivity contribution < 1.29 is 37.9 Å². The third-order valence-corrected chi connectivity index (χ3v) is 11.5. The first kappa shape index (κ1) is 41.1. The van der Waals surface area contributed by atoms with Gasteiger partial charge in [-0.25, -0.2) is 18.2 Å². The van der Waals surface area contributed by atoms with Gasteiger partial charge >= 0.3 is 6.03 Å². The summed E-state index contributed by atoms with van der Waals surface area (Å²) in [6.07, 6.45) is 0.411. The van der Waals surface area contributed by atoms with Crippen molar-refractivity contribution in [3.63, 3.8) is 0 Å². The zero-order valence-electron chi connectivity index (χ0n) is 30.4. The number of anilines is 1. The number of aliphatic hydroxyl groups is 1. The van der Waals surface area contributed by atoms with Crippen molar-refractivity contribution in [2.45, 2.75) is 77.1 Å². The number of urea groups is 1. The van der Waals surface area contributed by atoms with Crippen LogP contribution in [-0.2, 0) is 37.4 Å². The van der Waals surface area contributed by atoms with Gasteiger partial charge in [-0.3, -0.25) is 19.3 Å². The summed E-state index contributed by atoms with van der Waals surface area (Å²) in [6, 6.07) is 12.1. The summed E-state index contributed by atoms with van der Waals surface area (Å²) < 4.78 is 29.0. The van der Waals surface area contributed by atoms with E-state index in [1.54, 1.807) is 12.3 Å². The molecule has 1 aliphatic rings. The number of benzene rings is 2. The number of thiazole rings is 1. The molecule has 15 nitrogen and oxygen atoms in total. The van der Waals surface area contributed by atoms with Gasteiger partial charge < -0.3 is 25.8 Å². The van der Waals surface area contributed by atoms with E-state index in [0.29, 0.717) is 22.8 Å². The number of imide groups is 1. The number of carbonyl (C=O) groups is 4. The molecule has 2 aromatic carbocycles. The Morgan fingerprint density at radius 3 is 2.36 bits per heavy atom. The summed E-state index contributed by atoms with van der Waals surface area (Å²) in [6.45, 7) is 7.93. The lowest BCUT2D eigenvalue weighted by Crippen LogP contribution is -2.57. The summed E-state index contributed by atoms with van der Waals surface area (Å²) in [4.78, 5) is 59.1. The molecule has 1 saturated heterocycles. The van der Waals surface area contributed by atoms with E-state index in [4.69, 9.17) is 5.21 Å². The van der Waals surface area contributed by atoms with Crippen molar-refractivity contribution in [1.82, 2.24) is 24.4 Å². The van der Waals surface area contributed by atoms with Crippen LogP contribution in [0.1, 0.15) is 57.9 Å². The van der Waals surface area contributed by atoms with E-state index in [9.17, 15) is 32.7 Å². The molecule has 3 aromatic rings. The number of rotatable bonds is 18. The van der Waals surface area contributed by atoms with Crippen LogP contribution >= 0.6 is 11.3 Å². The number of aromatic nitrogens is 1. The summed E-state index contributed by atoms with van der Waals surface area (Å²) >= 11 is 1.16. The zero-order chi connectivity index (χ0) is 38.9. The standard InChI is InChI=1S/C36H47N7O8S2/c1-6-24(4)33(43-21-32(46)42(36(43)48)19-28-22-52-35(39-28)38-25(5)44)34(47)40-30(16-26-10-8-7-9-11-26)31(45)20-41(18-23(2)3)53(50,51)29-14-12-27(13-15-29)17-37-49/h7-15,17,22-24,30-31,33,45,49H,6,16,18-21H2,1-5H3,(H,40,47)(H,38,39,44)/b37-17+/t24-,30-,31+,33-/m0/s1. The van der Waals surface area contributed by atoms with Crippen LogP contribution in [0.2, 0.25) is 0 Å².